The van der Waals surface area contributed by atoms with Gasteiger partial charge in [0.2, 0.25) is 0 Å². The van der Waals surface area contributed by atoms with E-state index in [-0.39, 0.29) is 17.3 Å². The topological polar surface area (TPSA) is 48.4 Å². The minimum absolute atomic E-state index is 0.218. The van der Waals surface area contributed by atoms with Gasteiger partial charge in [-0.2, -0.15) is 13.2 Å². The van der Waals surface area contributed by atoms with Crippen LogP contribution in [0.4, 0.5) is 13.2 Å². The van der Waals surface area contributed by atoms with E-state index in [1.807, 2.05) is 4.90 Å². The highest BCUT2D eigenvalue weighted by Crippen LogP contribution is 2.62. The number of alkyl halides is 3. The van der Waals surface area contributed by atoms with Crippen molar-refractivity contribution in [1.82, 2.24) is 15.2 Å². The summed E-state index contributed by atoms with van der Waals surface area (Å²) in [5.74, 6) is 0.436. The number of halogens is 3. The van der Waals surface area contributed by atoms with Crippen LogP contribution in [-0.2, 0) is 19.1 Å². The molecule has 0 radical (unpaired) electrons. The molecule has 3 aliphatic rings. The van der Waals surface area contributed by atoms with Gasteiger partial charge in [0, 0.05) is 55.8 Å². The second-order valence-corrected chi connectivity index (χ2v) is 9.61. The second-order valence-electron chi connectivity index (χ2n) is 9.61. The summed E-state index contributed by atoms with van der Waals surface area (Å²) < 4.78 is 38.9. The molecule has 3 unspecified atom stereocenters. The number of nitrogens with zero attached hydrogens (tertiary/aromatic N) is 2. The predicted octanol–water partition coefficient (Wildman–Crippen LogP) is 3.19. The fraction of sp³-hybridized carbons (Fsp3) is 0.750. The summed E-state index contributed by atoms with van der Waals surface area (Å²) in [7, 11) is 0. The Morgan fingerprint density at radius 3 is 2.52 bits per heavy atom. The molecule has 2 aliphatic carbocycles. The monoisotopic (exact) mass is 383 g/mol. The average Bonchev–Trinajstić information content (AvgIpc) is 2.94. The lowest BCUT2D eigenvalue weighted by Crippen LogP contribution is -2.46. The summed E-state index contributed by atoms with van der Waals surface area (Å²) >= 11 is 0. The van der Waals surface area contributed by atoms with Crippen molar-refractivity contribution in [3.8, 4) is 0 Å². The zero-order chi connectivity index (χ0) is 19.6. The molecule has 1 aliphatic heterocycles. The van der Waals surface area contributed by atoms with E-state index in [0.29, 0.717) is 31.1 Å². The van der Waals surface area contributed by atoms with Crippen LogP contribution in [-0.4, -0.2) is 39.8 Å². The molecule has 27 heavy (non-hydrogen) atoms. The van der Waals surface area contributed by atoms with Crippen molar-refractivity contribution in [3.63, 3.8) is 0 Å². The molecular formula is C20H28F3N3O. The molecule has 2 N–H and O–H groups in total. The molecular weight excluding hydrogens is 355 g/mol. The number of hydrogen-bond acceptors (Lipinski definition) is 4. The lowest BCUT2D eigenvalue weighted by Gasteiger charge is -2.36. The number of hydrogen-bond donors (Lipinski definition) is 2. The SMILES string of the molecule is CC(C)(C)CNC1CC2[C@@H](C1)C2(O)N1CCc2ncc(C(F)(F)F)cc2C1. The fourth-order valence-corrected chi connectivity index (χ4v) is 4.86. The van der Waals surface area contributed by atoms with Gasteiger partial charge in [-0.15, -0.1) is 0 Å². The third-order valence-electron chi connectivity index (χ3n) is 6.34. The zero-order valence-electron chi connectivity index (χ0n) is 16.1. The Morgan fingerprint density at radius 1 is 1.26 bits per heavy atom. The number of rotatable bonds is 3. The molecule has 4 rings (SSSR count). The van der Waals surface area contributed by atoms with Crippen LogP contribution >= 0.6 is 0 Å². The van der Waals surface area contributed by atoms with E-state index in [0.717, 1.165) is 31.3 Å². The maximum absolute atomic E-state index is 13.0. The Bertz CT molecular complexity index is 716. The van der Waals surface area contributed by atoms with Gasteiger partial charge in [0.05, 0.1) is 5.56 Å². The van der Waals surface area contributed by atoms with Gasteiger partial charge < -0.3 is 10.4 Å². The molecule has 1 aromatic heterocycles. The van der Waals surface area contributed by atoms with Gasteiger partial charge in [0.25, 0.3) is 0 Å². The Hall–Kier alpha value is -1.18. The smallest absolute Gasteiger partial charge is 0.375 e. The quantitative estimate of drug-likeness (QED) is 0.842. The number of fused-ring (bicyclic) bond motifs is 2. The first-order valence-electron chi connectivity index (χ1n) is 9.74. The largest absolute Gasteiger partial charge is 0.417 e. The number of aromatic nitrogens is 1. The molecule has 0 saturated heterocycles. The standard InChI is InChI=1S/C20H28F3N3O/c1-18(2,3)11-25-14-7-15-16(8-14)19(15,27)26-5-4-17-12(10-26)6-13(9-24-17)20(21,22)23/h6,9,14-16,25,27H,4-5,7-8,10-11H2,1-3H3/t14?,15-,16?,19?/m1/s1. The van der Waals surface area contributed by atoms with Crippen molar-refractivity contribution in [2.45, 2.75) is 64.5 Å². The molecule has 4 atom stereocenters. The first-order valence-corrected chi connectivity index (χ1v) is 9.74. The molecule has 2 fully saturated rings. The summed E-state index contributed by atoms with van der Waals surface area (Å²) in [6.07, 6.45) is -1.02. The van der Waals surface area contributed by atoms with Gasteiger partial charge in [-0.05, 0) is 29.9 Å². The summed E-state index contributed by atoms with van der Waals surface area (Å²) in [5.41, 5.74) is -0.0258. The van der Waals surface area contributed by atoms with E-state index in [1.54, 1.807) is 0 Å². The van der Waals surface area contributed by atoms with Crippen molar-refractivity contribution in [3.05, 3.63) is 29.1 Å². The summed E-state index contributed by atoms with van der Waals surface area (Å²) in [6, 6.07) is 1.62. The van der Waals surface area contributed by atoms with Crippen LogP contribution in [0.2, 0.25) is 0 Å². The van der Waals surface area contributed by atoms with E-state index in [9.17, 15) is 18.3 Å². The second kappa shape index (κ2) is 6.16. The van der Waals surface area contributed by atoms with Crippen LogP contribution in [0.25, 0.3) is 0 Å². The highest BCUT2D eigenvalue weighted by atomic mass is 19.4. The highest BCUT2D eigenvalue weighted by molar-refractivity contribution is 5.30. The van der Waals surface area contributed by atoms with Crippen molar-refractivity contribution < 1.29 is 18.3 Å². The van der Waals surface area contributed by atoms with Gasteiger partial charge in [-0.3, -0.25) is 9.88 Å². The molecule has 2 heterocycles. The Kier molecular flexibility index (Phi) is 4.37. The van der Waals surface area contributed by atoms with Crippen molar-refractivity contribution in [2.75, 3.05) is 13.1 Å². The van der Waals surface area contributed by atoms with Gasteiger partial charge in [-0.25, -0.2) is 0 Å². The maximum Gasteiger partial charge on any atom is 0.417 e. The lowest BCUT2D eigenvalue weighted by atomic mass is 9.95. The molecule has 7 heteroatoms. The van der Waals surface area contributed by atoms with Crippen LogP contribution in [0.1, 0.15) is 50.4 Å². The normalized spacial score (nSPS) is 33.7. The zero-order valence-corrected chi connectivity index (χ0v) is 16.1. The van der Waals surface area contributed by atoms with Gasteiger partial charge in [0.15, 0.2) is 0 Å². The lowest BCUT2D eigenvalue weighted by molar-refractivity contribution is -0.138. The van der Waals surface area contributed by atoms with Crippen LogP contribution in [0.3, 0.4) is 0 Å². The Balaban J connectivity index is 1.41. The molecule has 0 spiro atoms. The molecule has 2 saturated carbocycles. The summed E-state index contributed by atoms with van der Waals surface area (Å²) in [6.45, 7) is 8.52. The van der Waals surface area contributed by atoms with E-state index in [2.05, 4.69) is 31.1 Å². The number of pyridine rings is 1. The maximum atomic E-state index is 13.0. The first kappa shape index (κ1) is 19.2. The van der Waals surface area contributed by atoms with Gasteiger partial charge in [-0.1, -0.05) is 20.8 Å². The summed E-state index contributed by atoms with van der Waals surface area (Å²) in [4.78, 5) is 5.99. The Morgan fingerprint density at radius 2 is 1.93 bits per heavy atom. The molecule has 0 aromatic carbocycles. The Labute approximate surface area is 158 Å². The first-order chi connectivity index (χ1) is 12.5. The minimum atomic E-state index is -4.39. The van der Waals surface area contributed by atoms with E-state index < -0.39 is 17.5 Å². The van der Waals surface area contributed by atoms with E-state index >= 15 is 0 Å². The molecule has 4 nitrogen and oxygen atoms in total. The van der Waals surface area contributed by atoms with Gasteiger partial charge in [0.1, 0.15) is 5.72 Å². The molecule has 0 bridgehead atoms. The molecule has 0 amide bonds. The molecule has 150 valence electrons. The van der Waals surface area contributed by atoms with Crippen molar-refractivity contribution >= 4 is 0 Å². The van der Waals surface area contributed by atoms with Crippen LogP contribution in [0.15, 0.2) is 12.3 Å². The van der Waals surface area contributed by atoms with Crippen LogP contribution in [0, 0.1) is 17.3 Å². The minimum Gasteiger partial charge on any atom is -0.375 e. The highest BCUT2D eigenvalue weighted by Gasteiger charge is 2.70. The predicted molar refractivity (Wildman–Crippen MR) is 95.8 cm³/mol. The number of nitrogens with one attached hydrogen (secondary N) is 1. The van der Waals surface area contributed by atoms with E-state index in [1.165, 1.54) is 6.07 Å². The molecule has 1 aromatic rings. The third-order valence-corrected chi connectivity index (χ3v) is 6.34. The van der Waals surface area contributed by atoms with Crippen molar-refractivity contribution in [2.24, 2.45) is 17.3 Å². The van der Waals surface area contributed by atoms with Crippen LogP contribution in [0.5, 0.6) is 0 Å². The number of aliphatic hydroxyl groups is 1. The fourth-order valence-electron chi connectivity index (χ4n) is 4.86. The third kappa shape index (κ3) is 3.49. The van der Waals surface area contributed by atoms with E-state index in [4.69, 9.17) is 0 Å². The van der Waals surface area contributed by atoms with Gasteiger partial charge >= 0.3 is 6.18 Å². The average molecular weight is 383 g/mol. The summed E-state index contributed by atoms with van der Waals surface area (Å²) in [5, 5.41) is 14.8. The van der Waals surface area contributed by atoms with Crippen LogP contribution < -0.4 is 5.32 Å². The van der Waals surface area contributed by atoms with Crippen molar-refractivity contribution in [1.29, 1.82) is 0 Å².